The maximum atomic E-state index is 6.73. The lowest BCUT2D eigenvalue weighted by Gasteiger charge is -2.18. The third-order valence-electron chi connectivity index (χ3n) is 6.12. The Labute approximate surface area is 175 Å². The van der Waals surface area contributed by atoms with Gasteiger partial charge in [-0.1, -0.05) is 84.9 Å². The van der Waals surface area contributed by atoms with E-state index in [0.29, 0.717) is 0 Å². The average molecular weight is 384 g/mol. The molecule has 1 aliphatic rings. The minimum atomic E-state index is 0.789. The molecule has 6 rings (SSSR count). The monoisotopic (exact) mass is 384 g/mol. The first-order chi connectivity index (χ1) is 14.7. The minimum absolute atomic E-state index is 0.789. The second kappa shape index (κ2) is 6.23. The smallest absolute Gasteiger partial charge is 0.0406 e. The fraction of sp³-hybridized carbons (Fsp3) is 0. The molecular formula is C28H20N2. The van der Waals surface area contributed by atoms with E-state index in [9.17, 15) is 0 Å². The topological polar surface area (TPSA) is 52.0 Å². The molecule has 30 heavy (non-hydrogen) atoms. The van der Waals surface area contributed by atoms with E-state index in [0.717, 1.165) is 39.0 Å². The zero-order valence-electron chi connectivity index (χ0n) is 16.4. The number of hydrogen-bond donors (Lipinski definition) is 2. The Kier molecular flexibility index (Phi) is 3.50. The Hall–Kier alpha value is -4.04. The molecule has 0 fully saturated rings. The van der Waals surface area contributed by atoms with Crippen molar-refractivity contribution in [2.75, 3.05) is 11.5 Å². The molecular weight excluding hydrogens is 364 g/mol. The third kappa shape index (κ3) is 2.25. The van der Waals surface area contributed by atoms with E-state index in [4.69, 9.17) is 11.5 Å². The summed E-state index contributed by atoms with van der Waals surface area (Å²) >= 11 is 0. The van der Waals surface area contributed by atoms with Crippen molar-refractivity contribution in [1.82, 2.24) is 0 Å². The van der Waals surface area contributed by atoms with Crippen LogP contribution >= 0.6 is 0 Å². The molecule has 0 amide bonds. The fourth-order valence-corrected chi connectivity index (χ4v) is 4.86. The Balaban J connectivity index is 1.82. The summed E-state index contributed by atoms with van der Waals surface area (Å²) < 4.78 is 0. The molecule has 2 nitrogen and oxygen atoms in total. The third-order valence-corrected chi connectivity index (χ3v) is 6.12. The van der Waals surface area contributed by atoms with Gasteiger partial charge in [-0.25, -0.2) is 0 Å². The zero-order chi connectivity index (χ0) is 20.2. The minimum Gasteiger partial charge on any atom is -0.398 e. The van der Waals surface area contributed by atoms with Gasteiger partial charge in [-0.3, -0.25) is 0 Å². The van der Waals surface area contributed by atoms with Gasteiger partial charge in [-0.05, 0) is 50.9 Å². The summed E-state index contributed by atoms with van der Waals surface area (Å²) in [6, 6.07) is 33.6. The number of hydrogen-bond acceptors (Lipinski definition) is 2. The van der Waals surface area contributed by atoms with E-state index in [2.05, 4.69) is 78.9 Å². The van der Waals surface area contributed by atoms with Gasteiger partial charge >= 0.3 is 0 Å². The number of fused-ring (bicyclic) bond motifs is 3. The molecule has 1 aliphatic carbocycles. The molecule has 0 bridgehead atoms. The largest absolute Gasteiger partial charge is 0.398 e. The van der Waals surface area contributed by atoms with Crippen LogP contribution in [0.5, 0.6) is 0 Å². The first-order valence-corrected chi connectivity index (χ1v) is 10.1. The summed E-state index contributed by atoms with van der Waals surface area (Å²) in [6.45, 7) is 0. The number of benzene rings is 5. The number of rotatable bonds is 2. The van der Waals surface area contributed by atoms with E-state index in [1.165, 1.54) is 27.6 Å². The molecule has 2 heteroatoms. The van der Waals surface area contributed by atoms with Gasteiger partial charge in [0, 0.05) is 27.9 Å². The van der Waals surface area contributed by atoms with Crippen LogP contribution in [0.3, 0.4) is 0 Å². The van der Waals surface area contributed by atoms with Crippen LogP contribution in [0.4, 0.5) is 11.4 Å². The maximum absolute atomic E-state index is 6.73. The highest BCUT2D eigenvalue weighted by molar-refractivity contribution is 6.24. The molecule has 0 heterocycles. The van der Waals surface area contributed by atoms with Crippen LogP contribution in [-0.2, 0) is 0 Å². The van der Waals surface area contributed by atoms with Crippen molar-refractivity contribution in [2.45, 2.75) is 0 Å². The molecule has 0 unspecified atom stereocenters. The lowest BCUT2D eigenvalue weighted by atomic mass is 9.86. The van der Waals surface area contributed by atoms with E-state index in [1.807, 2.05) is 18.2 Å². The average Bonchev–Trinajstić information content (AvgIpc) is 3.12. The van der Waals surface area contributed by atoms with Crippen molar-refractivity contribution in [1.29, 1.82) is 0 Å². The highest BCUT2D eigenvalue weighted by Gasteiger charge is 2.29. The summed E-state index contributed by atoms with van der Waals surface area (Å²) in [5.41, 5.74) is 24.1. The van der Waals surface area contributed by atoms with Gasteiger partial charge in [-0.15, -0.1) is 0 Å². The van der Waals surface area contributed by atoms with Crippen molar-refractivity contribution in [3.05, 3.63) is 97.1 Å². The lowest BCUT2D eigenvalue weighted by molar-refractivity contribution is 1.58. The number of nitrogens with two attached hydrogens (primary N) is 2. The molecule has 142 valence electrons. The van der Waals surface area contributed by atoms with Crippen LogP contribution in [-0.4, -0.2) is 0 Å². The highest BCUT2D eigenvalue weighted by atomic mass is 14.6. The predicted octanol–water partition coefficient (Wildman–Crippen LogP) is 6.99. The molecule has 0 saturated carbocycles. The molecule has 4 N–H and O–H groups in total. The van der Waals surface area contributed by atoms with Crippen molar-refractivity contribution >= 4 is 22.1 Å². The zero-order valence-corrected chi connectivity index (χ0v) is 16.4. The lowest BCUT2D eigenvalue weighted by Crippen LogP contribution is -1.96. The number of nitrogen functional groups attached to an aromatic ring is 2. The van der Waals surface area contributed by atoms with Crippen LogP contribution in [0.2, 0.25) is 0 Å². The van der Waals surface area contributed by atoms with Crippen LogP contribution in [0.1, 0.15) is 0 Å². The van der Waals surface area contributed by atoms with Gasteiger partial charge < -0.3 is 11.5 Å². The van der Waals surface area contributed by atoms with Crippen molar-refractivity contribution in [2.24, 2.45) is 0 Å². The van der Waals surface area contributed by atoms with Crippen molar-refractivity contribution < 1.29 is 0 Å². The standard InChI is InChI=1S/C28H20N2/c29-23-15-14-21-26-19(23)12-7-13-20(26)27-22(17-8-3-1-4-9-17)16-24(30)25(28(21)27)18-10-5-2-6-11-18/h1-16H,29-30H2. The van der Waals surface area contributed by atoms with Gasteiger partial charge in [0.05, 0.1) is 0 Å². The van der Waals surface area contributed by atoms with Crippen LogP contribution < -0.4 is 11.5 Å². The molecule has 0 atom stereocenters. The molecule has 0 aliphatic heterocycles. The first-order valence-electron chi connectivity index (χ1n) is 10.1. The van der Waals surface area contributed by atoms with E-state index >= 15 is 0 Å². The Morgan fingerprint density at radius 2 is 1.10 bits per heavy atom. The van der Waals surface area contributed by atoms with Gasteiger partial charge in [-0.2, -0.15) is 0 Å². The highest BCUT2D eigenvalue weighted by Crippen LogP contribution is 2.56. The number of anilines is 2. The quantitative estimate of drug-likeness (QED) is 0.316. The van der Waals surface area contributed by atoms with Gasteiger partial charge in [0.1, 0.15) is 0 Å². The van der Waals surface area contributed by atoms with Gasteiger partial charge in [0.2, 0.25) is 0 Å². The van der Waals surface area contributed by atoms with Crippen LogP contribution in [0.25, 0.3) is 55.3 Å². The Morgan fingerprint density at radius 3 is 1.83 bits per heavy atom. The second-order valence-corrected chi connectivity index (χ2v) is 7.80. The van der Waals surface area contributed by atoms with Crippen LogP contribution in [0.15, 0.2) is 97.1 Å². The molecule has 5 aromatic rings. The molecule has 0 aromatic heterocycles. The van der Waals surface area contributed by atoms with Gasteiger partial charge in [0.25, 0.3) is 0 Å². The Bertz CT molecular complexity index is 1440. The van der Waals surface area contributed by atoms with Gasteiger partial charge in [0.15, 0.2) is 0 Å². The maximum Gasteiger partial charge on any atom is 0.0406 e. The van der Waals surface area contributed by atoms with Crippen molar-refractivity contribution in [3.63, 3.8) is 0 Å². The second-order valence-electron chi connectivity index (χ2n) is 7.80. The van der Waals surface area contributed by atoms with E-state index in [-0.39, 0.29) is 0 Å². The molecule has 5 aromatic carbocycles. The summed E-state index contributed by atoms with van der Waals surface area (Å²) in [6.07, 6.45) is 0. The SMILES string of the molecule is Nc1cc(-c2ccccc2)c2c(c1-c1ccccc1)-c1ccc(N)c3cccc-2c13. The Morgan fingerprint density at radius 1 is 0.433 bits per heavy atom. The van der Waals surface area contributed by atoms with Crippen molar-refractivity contribution in [3.8, 4) is 44.5 Å². The summed E-state index contributed by atoms with van der Waals surface area (Å²) in [5, 5.41) is 2.31. The summed E-state index contributed by atoms with van der Waals surface area (Å²) in [4.78, 5) is 0. The summed E-state index contributed by atoms with van der Waals surface area (Å²) in [7, 11) is 0. The predicted molar refractivity (Wildman–Crippen MR) is 128 cm³/mol. The normalized spacial score (nSPS) is 11.6. The first kappa shape index (κ1) is 16.9. The van der Waals surface area contributed by atoms with E-state index in [1.54, 1.807) is 0 Å². The molecule has 0 spiro atoms. The van der Waals surface area contributed by atoms with Crippen LogP contribution in [0, 0.1) is 0 Å². The van der Waals surface area contributed by atoms with E-state index < -0.39 is 0 Å². The summed E-state index contributed by atoms with van der Waals surface area (Å²) in [5.74, 6) is 0. The molecule has 0 saturated heterocycles. The molecule has 0 radical (unpaired) electrons. The fourth-order valence-electron chi connectivity index (χ4n) is 4.86.